The molecule has 1 aliphatic rings. The summed E-state index contributed by atoms with van der Waals surface area (Å²) in [5.74, 6) is 0.121. The van der Waals surface area contributed by atoms with E-state index in [1.165, 1.54) is 5.56 Å². The molecule has 0 aliphatic carbocycles. The van der Waals surface area contributed by atoms with E-state index in [-0.39, 0.29) is 11.3 Å². The zero-order valence-corrected chi connectivity index (χ0v) is 10.8. The second kappa shape index (κ2) is 4.49. The molecule has 0 radical (unpaired) electrons. The highest BCUT2D eigenvalue weighted by atomic mass is 16.2. The summed E-state index contributed by atoms with van der Waals surface area (Å²) in [5.41, 5.74) is 3.02. The van der Waals surface area contributed by atoms with Crippen LogP contribution < -0.4 is 10.6 Å². The molecule has 0 saturated carbocycles. The minimum absolute atomic E-state index is 0.121. The maximum Gasteiger partial charge on any atom is 0.231 e. The van der Waals surface area contributed by atoms with Gasteiger partial charge in [-0.25, -0.2) is 0 Å². The fraction of sp³-hybridized carbons (Fsp3) is 0.500. The predicted octanol–water partition coefficient (Wildman–Crippen LogP) is 2.24. The van der Waals surface area contributed by atoms with E-state index in [0.29, 0.717) is 0 Å². The Morgan fingerprint density at radius 3 is 2.82 bits per heavy atom. The van der Waals surface area contributed by atoms with Crippen LogP contribution in [0.1, 0.15) is 24.5 Å². The van der Waals surface area contributed by atoms with Gasteiger partial charge in [-0.05, 0) is 50.9 Å². The highest BCUT2D eigenvalue weighted by molar-refractivity contribution is 5.96. The van der Waals surface area contributed by atoms with Gasteiger partial charge in [-0.2, -0.15) is 0 Å². The lowest BCUT2D eigenvalue weighted by Gasteiger charge is -2.22. The van der Waals surface area contributed by atoms with Crippen molar-refractivity contribution in [2.24, 2.45) is 5.41 Å². The Morgan fingerprint density at radius 2 is 2.18 bits per heavy atom. The first-order valence-corrected chi connectivity index (χ1v) is 6.11. The van der Waals surface area contributed by atoms with Crippen LogP contribution in [0.5, 0.6) is 0 Å². The molecule has 0 bridgehead atoms. The van der Waals surface area contributed by atoms with Gasteiger partial charge < -0.3 is 10.6 Å². The van der Waals surface area contributed by atoms with Crippen LogP contribution in [0.4, 0.5) is 5.69 Å². The van der Waals surface area contributed by atoms with Gasteiger partial charge in [-0.15, -0.1) is 0 Å². The molecule has 1 aliphatic heterocycles. The molecule has 1 atom stereocenters. The second-order valence-electron chi connectivity index (χ2n) is 5.19. The van der Waals surface area contributed by atoms with Crippen LogP contribution in [0.3, 0.4) is 0 Å². The molecule has 2 N–H and O–H groups in total. The normalized spacial score (nSPS) is 23.7. The number of rotatable bonds is 2. The van der Waals surface area contributed by atoms with Gasteiger partial charge >= 0.3 is 0 Å². The Labute approximate surface area is 103 Å². The minimum atomic E-state index is -0.268. The lowest BCUT2D eigenvalue weighted by Crippen LogP contribution is -2.35. The number of benzene rings is 1. The van der Waals surface area contributed by atoms with Gasteiger partial charge in [0.15, 0.2) is 0 Å². The van der Waals surface area contributed by atoms with Crippen LogP contribution in [-0.2, 0) is 4.79 Å². The van der Waals surface area contributed by atoms with Gasteiger partial charge in [-0.1, -0.05) is 12.1 Å². The number of hydrogen-bond acceptors (Lipinski definition) is 2. The summed E-state index contributed by atoms with van der Waals surface area (Å²) in [5, 5.41) is 6.30. The molecule has 1 unspecified atom stereocenters. The van der Waals surface area contributed by atoms with Crippen LogP contribution in [0.15, 0.2) is 18.2 Å². The first-order valence-electron chi connectivity index (χ1n) is 6.11. The summed E-state index contributed by atoms with van der Waals surface area (Å²) in [7, 11) is 0. The molecular weight excluding hydrogens is 212 g/mol. The number of nitrogens with one attached hydrogen (secondary N) is 2. The monoisotopic (exact) mass is 232 g/mol. The lowest BCUT2D eigenvalue weighted by molar-refractivity contribution is -0.123. The Balaban J connectivity index is 2.16. The number of carbonyl (C=O) groups excluding carboxylic acids is 1. The summed E-state index contributed by atoms with van der Waals surface area (Å²) in [6.45, 7) is 7.82. The Bertz CT molecular complexity index is 434. The molecule has 1 aromatic carbocycles. The van der Waals surface area contributed by atoms with Crippen LogP contribution in [0, 0.1) is 19.3 Å². The van der Waals surface area contributed by atoms with E-state index in [4.69, 9.17) is 0 Å². The standard InChI is InChI=1S/C14H20N2O/c1-10-5-4-6-12(11(10)2)16-13(17)14(3)7-8-15-9-14/h4-6,15H,7-9H2,1-3H3,(H,16,17). The Morgan fingerprint density at radius 1 is 1.41 bits per heavy atom. The lowest BCUT2D eigenvalue weighted by atomic mass is 9.88. The van der Waals surface area contributed by atoms with Crippen LogP contribution >= 0.6 is 0 Å². The van der Waals surface area contributed by atoms with Crippen molar-refractivity contribution in [2.75, 3.05) is 18.4 Å². The summed E-state index contributed by atoms with van der Waals surface area (Å²) in [4.78, 5) is 12.2. The van der Waals surface area contributed by atoms with E-state index in [1.807, 2.05) is 26.0 Å². The van der Waals surface area contributed by atoms with Gasteiger partial charge in [0, 0.05) is 12.2 Å². The highest BCUT2D eigenvalue weighted by Gasteiger charge is 2.36. The number of anilines is 1. The van der Waals surface area contributed by atoms with Gasteiger partial charge in [0.05, 0.1) is 5.41 Å². The molecule has 1 fully saturated rings. The molecule has 3 nitrogen and oxygen atoms in total. The molecule has 3 heteroatoms. The molecule has 1 saturated heterocycles. The summed E-state index contributed by atoms with van der Waals surface area (Å²) in [6, 6.07) is 6.00. The zero-order valence-electron chi connectivity index (χ0n) is 10.8. The Hall–Kier alpha value is -1.35. The SMILES string of the molecule is Cc1cccc(NC(=O)C2(C)CCNC2)c1C. The average molecular weight is 232 g/mol. The maximum atomic E-state index is 12.2. The third-order valence-electron chi connectivity index (χ3n) is 3.77. The van der Waals surface area contributed by atoms with Crippen molar-refractivity contribution in [1.82, 2.24) is 5.32 Å². The van der Waals surface area contributed by atoms with Crippen molar-refractivity contribution < 1.29 is 4.79 Å². The van der Waals surface area contributed by atoms with Gasteiger partial charge in [0.2, 0.25) is 5.91 Å². The quantitative estimate of drug-likeness (QED) is 0.821. The summed E-state index contributed by atoms with van der Waals surface area (Å²) < 4.78 is 0. The predicted molar refractivity (Wildman–Crippen MR) is 70.1 cm³/mol. The number of aryl methyl sites for hydroxylation is 1. The largest absolute Gasteiger partial charge is 0.325 e. The second-order valence-corrected chi connectivity index (χ2v) is 5.19. The number of amides is 1. The molecule has 1 amide bonds. The van der Waals surface area contributed by atoms with Crippen molar-refractivity contribution in [1.29, 1.82) is 0 Å². The highest BCUT2D eigenvalue weighted by Crippen LogP contribution is 2.27. The average Bonchev–Trinajstić information content (AvgIpc) is 2.73. The van der Waals surface area contributed by atoms with Crippen molar-refractivity contribution in [3.63, 3.8) is 0 Å². The van der Waals surface area contributed by atoms with Crippen molar-refractivity contribution in [3.8, 4) is 0 Å². The third kappa shape index (κ3) is 2.34. The first kappa shape index (κ1) is 12.1. The molecule has 0 spiro atoms. The van der Waals surface area contributed by atoms with Crippen molar-refractivity contribution in [2.45, 2.75) is 27.2 Å². The molecule has 0 aromatic heterocycles. The van der Waals surface area contributed by atoms with E-state index in [9.17, 15) is 4.79 Å². The molecule has 92 valence electrons. The van der Waals surface area contributed by atoms with Crippen LogP contribution in [0.25, 0.3) is 0 Å². The van der Waals surface area contributed by atoms with Gasteiger partial charge in [0.1, 0.15) is 0 Å². The fourth-order valence-electron chi connectivity index (χ4n) is 2.17. The molecule has 17 heavy (non-hydrogen) atoms. The van der Waals surface area contributed by atoms with Crippen LogP contribution in [-0.4, -0.2) is 19.0 Å². The zero-order chi connectivity index (χ0) is 12.5. The van der Waals surface area contributed by atoms with E-state index >= 15 is 0 Å². The van der Waals surface area contributed by atoms with E-state index in [0.717, 1.165) is 30.8 Å². The molecule has 2 rings (SSSR count). The fourth-order valence-corrected chi connectivity index (χ4v) is 2.17. The van der Waals surface area contributed by atoms with Crippen molar-refractivity contribution >= 4 is 11.6 Å². The van der Waals surface area contributed by atoms with Gasteiger partial charge in [0.25, 0.3) is 0 Å². The topological polar surface area (TPSA) is 41.1 Å². The van der Waals surface area contributed by atoms with E-state index in [2.05, 4.69) is 23.6 Å². The Kier molecular flexibility index (Phi) is 3.20. The van der Waals surface area contributed by atoms with Gasteiger partial charge in [-0.3, -0.25) is 4.79 Å². The van der Waals surface area contributed by atoms with E-state index in [1.54, 1.807) is 0 Å². The first-order chi connectivity index (χ1) is 8.03. The minimum Gasteiger partial charge on any atom is -0.325 e. The molecule has 1 heterocycles. The third-order valence-corrected chi connectivity index (χ3v) is 3.77. The number of hydrogen-bond donors (Lipinski definition) is 2. The maximum absolute atomic E-state index is 12.2. The number of carbonyl (C=O) groups is 1. The molecular formula is C14H20N2O. The molecule has 1 aromatic rings. The smallest absolute Gasteiger partial charge is 0.231 e. The van der Waals surface area contributed by atoms with Crippen molar-refractivity contribution in [3.05, 3.63) is 29.3 Å². The van der Waals surface area contributed by atoms with E-state index < -0.39 is 0 Å². The summed E-state index contributed by atoms with van der Waals surface area (Å²) in [6.07, 6.45) is 0.906. The summed E-state index contributed by atoms with van der Waals surface area (Å²) >= 11 is 0. The van der Waals surface area contributed by atoms with Crippen LogP contribution in [0.2, 0.25) is 0 Å².